The van der Waals surface area contributed by atoms with Crippen LogP contribution in [0.2, 0.25) is 0 Å². The first-order valence-electron chi connectivity index (χ1n) is 12.7. The summed E-state index contributed by atoms with van der Waals surface area (Å²) in [7, 11) is 0. The van der Waals surface area contributed by atoms with Gasteiger partial charge in [-0.1, -0.05) is 50.8 Å². The van der Waals surface area contributed by atoms with Gasteiger partial charge in [-0.05, 0) is 83.5 Å². The van der Waals surface area contributed by atoms with Crippen LogP contribution in [-0.4, -0.2) is 46.7 Å². The van der Waals surface area contributed by atoms with E-state index in [2.05, 4.69) is 36.7 Å². The van der Waals surface area contributed by atoms with Crippen molar-refractivity contribution >= 4 is 17.4 Å². The fourth-order valence-corrected chi connectivity index (χ4v) is 4.30. The number of rotatable bonds is 10. The van der Waals surface area contributed by atoms with Crippen LogP contribution in [-0.2, 0) is 9.59 Å². The first kappa shape index (κ1) is 27.6. The maximum atomic E-state index is 12.6. The number of para-hydroxylation sites is 1. The summed E-state index contributed by atoms with van der Waals surface area (Å²) < 4.78 is 0. The number of anilines is 1. The number of likely N-dealkylation sites (tertiary alicyclic amines) is 1. The quantitative estimate of drug-likeness (QED) is 0.416. The zero-order valence-corrected chi connectivity index (χ0v) is 21.8. The third-order valence-corrected chi connectivity index (χ3v) is 6.34. The molecule has 3 rings (SSSR count). The molecule has 34 heavy (non-hydrogen) atoms. The van der Waals surface area contributed by atoms with E-state index in [1.165, 1.54) is 32.2 Å². The number of benzene rings is 1. The van der Waals surface area contributed by atoms with Gasteiger partial charge in [0, 0.05) is 30.0 Å². The molecule has 1 saturated heterocycles. The second-order valence-corrected chi connectivity index (χ2v) is 9.16. The molecule has 1 aromatic rings. The van der Waals surface area contributed by atoms with Crippen LogP contribution >= 0.6 is 0 Å². The van der Waals surface area contributed by atoms with Gasteiger partial charge in [0.1, 0.15) is 5.70 Å². The van der Waals surface area contributed by atoms with Crippen molar-refractivity contribution in [3.63, 3.8) is 0 Å². The normalized spacial score (nSPS) is 18.4. The topological polar surface area (TPSA) is 52.7 Å². The molecule has 5 nitrogen and oxygen atoms in total. The lowest BCUT2D eigenvalue weighted by molar-refractivity contribution is -0.114. The first-order chi connectivity index (χ1) is 16.3. The van der Waals surface area contributed by atoms with Crippen LogP contribution in [0.25, 0.3) is 0 Å². The number of aryl methyl sites for hydroxylation is 1. The number of hydrogen-bond donors (Lipinski definition) is 1. The number of allylic oxidation sites excluding steroid dienone is 3. The highest BCUT2D eigenvalue weighted by Crippen LogP contribution is 2.33. The largest absolute Gasteiger partial charge is 0.342 e. The van der Waals surface area contributed by atoms with Gasteiger partial charge in [-0.3, -0.25) is 14.5 Å². The van der Waals surface area contributed by atoms with Gasteiger partial charge in [0.15, 0.2) is 5.78 Å². The Morgan fingerprint density at radius 3 is 2.47 bits per heavy atom. The van der Waals surface area contributed by atoms with Crippen molar-refractivity contribution in [3.05, 3.63) is 66.0 Å². The SMILES string of the molecule is C=C(CC)N(CCC)/C(=C\C)C(=O)Nc1ccccc1C.CC(=O)/C=C/[C@H]1CCCN1C1CC1. The smallest absolute Gasteiger partial charge is 0.271 e. The minimum absolute atomic E-state index is 0.0881. The molecule has 1 N–H and O–H groups in total. The van der Waals surface area contributed by atoms with Crippen molar-refractivity contribution in [1.29, 1.82) is 0 Å². The fraction of sp³-hybridized carbons (Fsp3) is 0.517. The standard InChI is InChI=1S/C18H26N2O.C11H17NO/c1-6-13-20(15(5)7-2)17(8-3)18(21)19-16-12-10-9-11-14(16)4;1-9(13)4-5-10-3-2-8-12(10)11-6-7-11/h8-12H,5-7,13H2,1-4H3,(H,19,21);4-5,10-11H,2-3,6-8H2,1H3/b17-8-;5-4+/t;10-/m.1/s1. The van der Waals surface area contributed by atoms with Gasteiger partial charge in [-0.2, -0.15) is 0 Å². The third-order valence-electron chi connectivity index (χ3n) is 6.34. The Morgan fingerprint density at radius 1 is 1.21 bits per heavy atom. The summed E-state index contributed by atoms with van der Waals surface area (Å²) in [5, 5.41) is 2.99. The predicted octanol–water partition coefficient (Wildman–Crippen LogP) is 6.23. The van der Waals surface area contributed by atoms with E-state index in [0.29, 0.717) is 11.7 Å². The summed E-state index contributed by atoms with van der Waals surface area (Å²) >= 11 is 0. The first-order valence-corrected chi connectivity index (χ1v) is 12.7. The summed E-state index contributed by atoms with van der Waals surface area (Å²) in [6.45, 7) is 15.7. The zero-order valence-electron chi connectivity index (χ0n) is 21.8. The van der Waals surface area contributed by atoms with Crippen LogP contribution < -0.4 is 5.32 Å². The minimum Gasteiger partial charge on any atom is -0.342 e. The number of nitrogens with zero attached hydrogens (tertiary/aromatic N) is 2. The van der Waals surface area contributed by atoms with Crippen molar-refractivity contribution in [2.75, 3.05) is 18.4 Å². The summed E-state index contributed by atoms with van der Waals surface area (Å²) in [6, 6.07) is 9.18. The summed E-state index contributed by atoms with van der Waals surface area (Å²) in [6.07, 6.45) is 12.7. The molecule has 2 fully saturated rings. The van der Waals surface area contributed by atoms with Gasteiger partial charge in [0.25, 0.3) is 5.91 Å². The van der Waals surface area contributed by atoms with Crippen molar-refractivity contribution in [2.45, 2.75) is 85.2 Å². The average molecular weight is 466 g/mol. The molecular formula is C29H43N3O2. The van der Waals surface area contributed by atoms with E-state index in [0.717, 1.165) is 42.4 Å². The van der Waals surface area contributed by atoms with Crippen molar-refractivity contribution in [1.82, 2.24) is 9.80 Å². The second-order valence-electron chi connectivity index (χ2n) is 9.16. The van der Waals surface area contributed by atoms with Gasteiger partial charge >= 0.3 is 0 Å². The molecule has 0 spiro atoms. The highest BCUT2D eigenvalue weighted by atomic mass is 16.2. The molecular weight excluding hydrogens is 422 g/mol. The monoisotopic (exact) mass is 465 g/mol. The molecule has 0 unspecified atom stereocenters. The number of carbonyl (C=O) groups is 2. The van der Waals surface area contributed by atoms with E-state index in [-0.39, 0.29) is 11.7 Å². The molecule has 1 aliphatic carbocycles. The van der Waals surface area contributed by atoms with E-state index in [1.54, 1.807) is 13.0 Å². The van der Waals surface area contributed by atoms with E-state index < -0.39 is 0 Å². The molecule has 1 heterocycles. The molecule has 0 aromatic heterocycles. The van der Waals surface area contributed by atoms with Crippen LogP contribution in [0.1, 0.15) is 71.8 Å². The van der Waals surface area contributed by atoms with E-state index in [1.807, 2.05) is 49.1 Å². The summed E-state index contributed by atoms with van der Waals surface area (Å²) in [5.41, 5.74) is 3.52. The van der Waals surface area contributed by atoms with Gasteiger partial charge in [0.2, 0.25) is 0 Å². The highest BCUT2D eigenvalue weighted by Gasteiger charge is 2.35. The Kier molecular flexibility index (Phi) is 11.3. The van der Waals surface area contributed by atoms with Crippen LogP contribution in [0, 0.1) is 6.92 Å². The maximum Gasteiger partial charge on any atom is 0.271 e. The number of nitrogens with one attached hydrogen (secondary N) is 1. The Morgan fingerprint density at radius 2 is 1.91 bits per heavy atom. The summed E-state index contributed by atoms with van der Waals surface area (Å²) in [4.78, 5) is 27.9. The van der Waals surface area contributed by atoms with Crippen LogP contribution in [0.3, 0.4) is 0 Å². The predicted molar refractivity (Wildman–Crippen MR) is 143 cm³/mol. The zero-order chi connectivity index (χ0) is 25.1. The minimum atomic E-state index is -0.0881. The lowest BCUT2D eigenvalue weighted by atomic mass is 10.2. The molecule has 1 atom stereocenters. The molecule has 2 aliphatic rings. The highest BCUT2D eigenvalue weighted by molar-refractivity contribution is 6.03. The van der Waals surface area contributed by atoms with Gasteiger partial charge in [-0.25, -0.2) is 0 Å². The number of amides is 1. The molecule has 1 saturated carbocycles. The van der Waals surface area contributed by atoms with Crippen LogP contribution in [0.4, 0.5) is 5.69 Å². The average Bonchev–Trinajstić information content (AvgIpc) is 3.56. The van der Waals surface area contributed by atoms with E-state index in [4.69, 9.17) is 0 Å². The number of carbonyl (C=O) groups excluding carboxylic acids is 2. The Hall–Kier alpha value is -2.66. The molecule has 5 heteroatoms. The lowest BCUT2D eigenvalue weighted by Gasteiger charge is -2.27. The van der Waals surface area contributed by atoms with Crippen molar-refractivity contribution in [2.24, 2.45) is 0 Å². The molecule has 186 valence electrons. The van der Waals surface area contributed by atoms with Gasteiger partial charge < -0.3 is 10.2 Å². The van der Waals surface area contributed by atoms with Crippen molar-refractivity contribution in [3.8, 4) is 0 Å². The fourth-order valence-electron chi connectivity index (χ4n) is 4.30. The Labute approximate surface area is 206 Å². The van der Waals surface area contributed by atoms with E-state index >= 15 is 0 Å². The number of ketones is 1. The second kappa shape index (κ2) is 13.9. The van der Waals surface area contributed by atoms with Crippen LogP contribution in [0.15, 0.2) is 60.5 Å². The molecule has 1 aromatic carbocycles. The molecule has 1 aliphatic heterocycles. The lowest BCUT2D eigenvalue weighted by Crippen LogP contribution is -2.31. The van der Waals surface area contributed by atoms with Crippen LogP contribution in [0.5, 0.6) is 0 Å². The number of hydrogen-bond acceptors (Lipinski definition) is 4. The molecule has 0 radical (unpaired) electrons. The van der Waals surface area contributed by atoms with Crippen molar-refractivity contribution < 1.29 is 9.59 Å². The maximum absolute atomic E-state index is 12.6. The third kappa shape index (κ3) is 8.28. The Bertz CT molecular complexity index is 898. The van der Waals surface area contributed by atoms with E-state index in [9.17, 15) is 9.59 Å². The summed E-state index contributed by atoms with van der Waals surface area (Å²) in [5.74, 6) is 0.0810. The van der Waals surface area contributed by atoms with Gasteiger partial charge in [-0.15, -0.1) is 0 Å². The van der Waals surface area contributed by atoms with Gasteiger partial charge in [0.05, 0.1) is 0 Å². The molecule has 0 bridgehead atoms. The Balaban J connectivity index is 0.000000266. The molecule has 1 amide bonds.